The van der Waals surface area contributed by atoms with Gasteiger partial charge in [0.2, 0.25) is 11.8 Å². The summed E-state index contributed by atoms with van der Waals surface area (Å²) in [5.41, 5.74) is 6.55. The molecule has 2 N–H and O–H groups in total. The highest BCUT2D eigenvalue weighted by molar-refractivity contribution is 9.10. The zero-order valence-corrected chi connectivity index (χ0v) is 16.8. The zero-order valence-electron chi connectivity index (χ0n) is 13.7. The predicted molar refractivity (Wildman–Crippen MR) is 109 cm³/mol. The molecule has 26 heavy (non-hydrogen) atoms. The molecule has 0 saturated heterocycles. The third-order valence-corrected chi connectivity index (χ3v) is 4.21. The highest BCUT2D eigenvalue weighted by atomic mass is 79.9. The number of carbonyl (C=O) groups excluding carboxylic acids is 2. The first-order chi connectivity index (χ1) is 12.5. The normalized spacial score (nSPS) is 11.0. The minimum absolute atomic E-state index is 0.228. The lowest BCUT2D eigenvalue weighted by Crippen LogP contribution is -2.21. The van der Waals surface area contributed by atoms with Crippen LogP contribution in [0.25, 0.3) is 0 Å². The molecule has 8 heteroatoms. The van der Waals surface area contributed by atoms with Gasteiger partial charge in [-0.05, 0) is 35.4 Å². The van der Waals surface area contributed by atoms with Gasteiger partial charge < -0.3 is 0 Å². The van der Waals surface area contributed by atoms with Crippen LogP contribution in [0.5, 0.6) is 0 Å². The number of nitrogens with one attached hydrogen (secondary N) is 2. The van der Waals surface area contributed by atoms with E-state index >= 15 is 0 Å². The molecule has 2 amide bonds. The maximum atomic E-state index is 11.7. The van der Waals surface area contributed by atoms with Crippen LogP contribution in [0.1, 0.15) is 11.1 Å². The fraction of sp³-hybridized carbons (Fsp3) is 0.111. The molecule has 0 bridgehead atoms. The van der Waals surface area contributed by atoms with E-state index < -0.39 is 0 Å². The Hall–Kier alpha value is -2.32. The third kappa shape index (κ3) is 7.71. The zero-order chi connectivity index (χ0) is 18.8. The molecule has 0 radical (unpaired) electrons. The fourth-order valence-corrected chi connectivity index (χ4v) is 2.47. The van der Waals surface area contributed by atoms with Gasteiger partial charge in [0.15, 0.2) is 0 Å². The molecule has 0 atom stereocenters. The lowest BCUT2D eigenvalue weighted by Gasteiger charge is -2.00. The smallest absolute Gasteiger partial charge is 0.244 e. The summed E-state index contributed by atoms with van der Waals surface area (Å²) in [7, 11) is 0. The van der Waals surface area contributed by atoms with Crippen molar-refractivity contribution in [3.8, 4) is 0 Å². The second kappa shape index (κ2) is 10.6. The number of rotatable bonds is 7. The minimum atomic E-state index is -0.240. The van der Waals surface area contributed by atoms with Crippen LogP contribution in [0, 0.1) is 0 Å². The van der Waals surface area contributed by atoms with E-state index in [2.05, 4.69) is 52.9 Å². The number of hydrazone groups is 2. The van der Waals surface area contributed by atoms with Crippen LogP contribution in [-0.4, -0.2) is 24.2 Å². The van der Waals surface area contributed by atoms with Gasteiger partial charge in [-0.2, -0.15) is 10.2 Å². The van der Waals surface area contributed by atoms with E-state index in [-0.39, 0.29) is 24.7 Å². The summed E-state index contributed by atoms with van der Waals surface area (Å²) >= 11 is 6.68. The number of hydrogen-bond acceptors (Lipinski definition) is 4. The van der Waals surface area contributed by atoms with Crippen LogP contribution in [-0.2, 0) is 22.4 Å². The van der Waals surface area contributed by atoms with Crippen molar-refractivity contribution in [2.75, 3.05) is 0 Å². The van der Waals surface area contributed by atoms with Gasteiger partial charge in [-0.25, -0.2) is 10.9 Å². The van der Waals surface area contributed by atoms with E-state index in [1.165, 1.54) is 12.4 Å². The van der Waals surface area contributed by atoms with Gasteiger partial charge in [0.25, 0.3) is 0 Å². The lowest BCUT2D eigenvalue weighted by molar-refractivity contribution is -0.121. The molecule has 0 aromatic heterocycles. The van der Waals surface area contributed by atoms with Gasteiger partial charge in [-0.3, -0.25) is 9.59 Å². The van der Waals surface area contributed by atoms with Crippen molar-refractivity contribution in [2.45, 2.75) is 12.8 Å². The molecule has 0 aliphatic rings. The van der Waals surface area contributed by atoms with Gasteiger partial charge in [-0.1, -0.05) is 56.1 Å². The van der Waals surface area contributed by atoms with Crippen molar-refractivity contribution in [3.63, 3.8) is 0 Å². The van der Waals surface area contributed by atoms with Crippen molar-refractivity contribution < 1.29 is 9.59 Å². The summed E-state index contributed by atoms with van der Waals surface area (Å²) in [6.07, 6.45) is 3.04. The van der Waals surface area contributed by atoms with Crippen molar-refractivity contribution in [1.29, 1.82) is 0 Å². The second-order valence-corrected chi connectivity index (χ2v) is 7.06. The van der Waals surface area contributed by atoms with Crippen LogP contribution < -0.4 is 10.9 Å². The summed E-state index contributed by atoms with van der Waals surface area (Å²) in [5.74, 6) is -0.479. The summed E-state index contributed by atoms with van der Waals surface area (Å²) in [4.78, 5) is 23.4. The van der Waals surface area contributed by atoms with Crippen LogP contribution >= 0.6 is 31.9 Å². The van der Waals surface area contributed by atoms with Gasteiger partial charge >= 0.3 is 0 Å². The first-order valence-corrected chi connectivity index (χ1v) is 9.23. The molecule has 2 aromatic carbocycles. The SMILES string of the molecule is O=C(Cc1ccc(Br)cc1)NN=CC=NNC(=O)Cc1ccc(Br)cc1. The molecule has 2 aromatic rings. The molecule has 0 unspecified atom stereocenters. The Bertz CT molecular complexity index is 733. The number of amides is 2. The van der Waals surface area contributed by atoms with Gasteiger partial charge in [0.05, 0.1) is 25.3 Å². The highest BCUT2D eigenvalue weighted by Crippen LogP contribution is 2.11. The fourth-order valence-electron chi connectivity index (χ4n) is 1.94. The van der Waals surface area contributed by atoms with Gasteiger partial charge in [-0.15, -0.1) is 0 Å². The highest BCUT2D eigenvalue weighted by Gasteiger charge is 2.02. The molecule has 2 rings (SSSR count). The van der Waals surface area contributed by atoms with E-state index in [4.69, 9.17) is 0 Å². The third-order valence-electron chi connectivity index (χ3n) is 3.15. The average molecular weight is 480 g/mol. The van der Waals surface area contributed by atoms with Crippen LogP contribution in [0.2, 0.25) is 0 Å². The minimum Gasteiger partial charge on any atom is -0.273 e. The number of nitrogens with zero attached hydrogens (tertiary/aromatic N) is 2. The van der Waals surface area contributed by atoms with Crippen molar-refractivity contribution in [1.82, 2.24) is 10.9 Å². The predicted octanol–water partition coefficient (Wildman–Crippen LogP) is 3.20. The van der Waals surface area contributed by atoms with Crippen LogP contribution in [0.4, 0.5) is 0 Å². The molecule has 134 valence electrons. The van der Waals surface area contributed by atoms with E-state index in [1.54, 1.807) is 0 Å². The standard InChI is InChI=1S/C18H16Br2N4O2/c19-15-5-1-13(2-6-15)11-17(25)23-21-9-10-22-24-18(26)12-14-3-7-16(20)8-4-14/h1-10H,11-12H2,(H,23,25)(H,24,26). The number of benzene rings is 2. The van der Waals surface area contributed by atoms with E-state index in [0.717, 1.165) is 20.1 Å². The quantitative estimate of drug-likeness (QED) is 0.472. The van der Waals surface area contributed by atoms with Gasteiger partial charge in [0.1, 0.15) is 0 Å². The van der Waals surface area contributed by atoms with Crippen molar-refractivity contribution in [3.05, 3.63) is 68.6 Å². The maximum Gasteiger partial charge on any atom is 0.244 e. The molecule has 0 saturated carbocycles. The van der Waals surface area contributed by atoms with Crippen LogP contribution in [0.15, 0.2) is 67.7 Å². The lowest BCUT2D eigenvalue weighted by atomic mass is 10.1. The Kier molecular flexibility index (Phi) is 8.17. The Morgan fingerprint density at radius 3 is 1.42 bits per heavy atom. The Morgan fingerprint density at radius 2 is 1.08 bits per heavy atom. The van der Waals surface area contributed by atoms with Crippen molar-refractivity contribution >= 4 is 56.1 Å². The number of halogens is 2. The van der Waals surface area contributed by atoms with E-state index in [0.29, 0.717) is 0 Å². The summed E-state index contributed by atoms with van der Waals surface area (Å²) in [5, 5.41) is 7.47. The molecule has 0 aliphatic heterocycles. The average Bonchev–Trinajstić information content (AvgIpc) is 2.62. The molecular weight excluding hydrogens is 464 g/mol. The summed E-state index contributed by atoms with van der Waals surface area (Å²) in [6.45, 7) is 0. The van der Waals surface area contributed by atoms with E-state index in [9.17, 15) is 9.59 Å². The molecule has 0 spiro atoms. The molecule has 6 nitrogen and oxygen atoms in total. The monoisotopic (exact) mass is 478 g/mol. The Morgan fingerprint density at radius 1 is 0.731 bits per heavy atom. The maximum absolute atomic E-state index is 11.7. The topological polar surface area (TPSA) is 82.9 Å². The summed E-state index contributed by atoms with van der Waals surface area (Å²) in [6, 6.07) is 14.9. The Labute approximate surface area is 168 Å². The van der Waals surface area contributed by atoms with Gasteiger partial charge in [0, 0.05) is 8.95 Å². The molecule has 0 aliphatic carbocycles. The first kappa shape index (κ1) is 20.0. The van der Waals surface area contributed by atoms with E-state index in [1.807, 2.05) is 48.5 Å². The second-order valence-electron chi connectivity index (χ2n) is 5.23. The molecule has 0 fully saturated rings. The number of carbonyl (C=O) groups is 2. The van der Waals surface area contributed by atoms with Crippen molar-refractivity contribution in [2.24, 2.45) is 10.2 Å². The molecule has 0 heterocycles. The Balaban J connectivity index is 1.67. The summed E-state index contributed by atoms with van der Waals surface area (Å²) < 4.78 is 1.91. The first-order valence-electron chi connectivity index (χ1n) is 7.64. The number of hydrogen-bond donors (Lipinski definition) is 2. The largest absolute Gasteiger partial charge is 0.273 e. The molecular formula is C18H16Br2N4O2. The van der Waals surface area contributed by atoms with Crippen LogP contribution in [0.3, 0.4) is 0 Å².